The average Bonchev–Trinajstić information content (AvgIpc) is 3.02. The largest absolute Gasteiger partial charge is 0.490 e. The van der Waals surface area contributed by atoms with Crippen LogP contribution in [0.15, 0.2) is 18.2 Å². The van der Waals surface area contributed by atoms with E-state index in [0.717, 1.165) is 11.3 Å². The zero-order chi connectivity index (χ0) is 20.5. The molecule has 2 heterocycles. The van der Waals surface area contributed by atoms with E-state index in [1.54, 1.807) is 32.0 Å². The Kier molecular flexibility index (Phi) is 5.40. The highest BCUT2D eigenvalue weighted by atomic mass is 32.1. The maximum absolute atomic E-state index is 12.0. The van der Waals surface area contributed by atoms with Crippen LogP contribution in [0.1, 0.15) is 47.1 Å². The monoisotopic (exact) mass is 400 g/mol. The van der Waals surface area contributed by atoms with Crippen LogP contribution in [-0.2, 0) is 9.53 Å². The fourth-order valence-corrected chi connectivity index (χ4v) is 3.71. The van der Waals surface area contributed by atoms with Gasteiger partial charge in [-0.3, -0.25) is 4.79 Å². The number of hydrogen-bond donors (Lipinski definition) is 2. The zero-order valence-corrected chi connectivity index (χ0v) is 16.8. The van der Waals surface area contributed by atoms with Gasteiger partial charge in [-0.15, -0.1) is 11.3 Å². The summed E-state index contributed by atoms with van der Waals surface area (Å²) in [6.45, 7) is 4.83. The van der Waals surface area contributed by atoms with E-state index in [1.165, 1.54) is 14.0 Å². The predicted octanol–water partition coefficient (Wildman–Crippen LogP) is 2.29. The van der Waals surface area contributed by atoms with E-state index in [2.05, 4.69) is 22.1 Å². The third kappa shape index (κ3) is 4.32. The van der Waals surface area contributed by atoms with Gasteiger partial charge in [0.25, 0.3) is 0 Å². The number of esters is 1. The van der Waals surface area contributed by atoms with Crippen molar-refractivity contribution < 1.29 is 24.2 Å². The summed E-state index contributed by atoms with van der Waals surface area (Å²) in [6, 6.07) is 4.90. The van der Waals surface area contributed by atoms with Gasteiger partial charge in [-0.05, 0) is 32.0 Å². The number of rotatable bonds is 2. The highest BCUT2D eigenvalue weighted by Gasteiger charge is 2.30. The molecule has 7 nitrogen and oxygen atoms in total. The fraction of sp³-hybridized carbons (Fsp3) is 0.350. The Morgan fingerprint density at radius 3 is 2.82 bits per heavy atom. The first-order valence-electron chi connectivity index (χ1n) is 8.57. The number of nitrogens with one attached hydrogen (secondary N) is 1. The lowest BCUT2D eigenvalue weighted by atomic mass is 10.0. The van der Waals surface area contributed by atoms with Crippen molar-refractivity contribution in [2.75, 3.05) is 13.7 Å². The number of aliphatic hydroxyl groups is 1. The zero-order valence-electron chi connectivity index (χ0n) is 16.0. The Hall–Kier alpha value is -2.89. The molecule has 1 amide bonds. The van der Waals surface area contributed by atoms with Crippen LogP contribution in [0.5, 0.6) is 5.75 Å². The second-order valence-electron chi connectivity index (χ2n) is 6.81. The molecule has 1 atom stereocenters. The van der Waals surface area contributed by atoms with Crippen molar-refractivity contribution in [1.29, 1.82) is 0 Å². The topological polar surface area (TPSA) is 97.8 Å². The molecule has 0 aliphatic carbocycles. The van der Waals surface area contributed by atoms with Crippen LogP contribution < -0.4 is 10.1 Å². The van der Waals surface area contributed by atoms with Crippen molar-refractivity contribution in [3.63, 3.8) is 0 Å². The molecule has 0 fully saturated rings. The summed E-state index contributed by atoms with van der Waals surface area (Å²) in [5.41, 5.74) is 0.755. The van der Waals surface area contributed by atoms with Crippen molar-refractivity contribution in [3.05, 3.63) is 33.6 Å². The van der Waals surface area contributed by atoms with Crippen LogP contribution >= 0.6 is 11.3 Å². The third-order valence-corrected chi connectivity index (χ3v) is 5.01. The second kappa shape index (κ2) is 7.62. The number of aromatic nitrogens is 1. The molecular weight excluding hydrogens is 380 g/mol. The standard InChI is InChI=1S/C20H20N2O5S/c1-11(23)21-14-10-27-15-6-5-12(7-8-20(2,3)25)9-13(15)16-17(14)28-18(22-16)19(24)26-4/h5-6,9,14,25H,10H2,1-4H3,(H,21,23). The summed E-state index contributed by atoms with van der Waals surface area (Å²) in [6.07, 6.45) is 0. The van der Waals surface area contributed by atoms with Crippen LogP contribution in [0.2, 0.25) is 0 Å². The van der Waals surface area contributed by atoms with Crippen molar-refractivity contribution >= 4 is 23.2 Å². The third-order valence-electron chi connectivity index (χ3n) is 3.86. The molecule has 146 valence electrons. The van der Waals surface area contributed by atoms with E-state index < -0.39 is 17.6 Å². The second-order valence-corrected chi connectivity index (χ2v) is 7.84. The summed E-state index contributed by atoms with van der Waals surface area (Å²) < 4.78 is 10.7. The van der Waals surface area contributed by atoms with E-state index in [9.17, 15) is 14.7 Å². The van der Waals surface area contributed by atoms with Gasteiger partial charge >= 0.3 is 5.97 Å². The molecule has 0 saturated heterocycles. The SMILES string of the molecule is COC(=O)c1nc2c(s1)C(NC(C)=O)COc1ccc(C#CC(C)(C)O)cc1-2. The number of fused-ring (bicyclic) bond motifs is 3. The van der Waals surface area contributed by atoms with Crippen molar-refractivity contribution in [2.45, 2.75) is 32.4 Å². The molecule has 8 heteroatoms. The highest BCUT2D eigenvalue weighted by molar-refractivity contribution is 7.14. The van der Waals surface area contributed by atoms with E-state index in [1.807, 2.05) is 0 Å². The molecule has 3 rings (SSSR count). The molecule has 1 unspecified atom stereocenters. The lowest BCUT2D eigenvalue weighted by Crippen LogP contribution is -2.29. The van der Waals surface area contributed by atoms with Crippen LogP contribution in [0.3, 0.4) is 0 Å². The first-order chi connectivity index (χ1) is 13.2. The predicted molar refractivity (Wildman–Crippen MR) is 104 cm³/mol. The quantitative estimate of drug-likeness (QED) is 0.593. The minimum Gasteiger partial charge on any atom is -0.490 e. The lowest BCUT2D eigenvalue weighted by Gasteiger charge is -2.14. The van der Waals surface area contributed by atoms with E-state index in [-0.39, 0.29) is 17.5 Å². The maximum Gasteiger partial charge on any atom is 0.367 e. The van der Waals surface area contributed by atoms with Crippen LogP contribution in [0.25, 0.3) is 11.3 Å². The van der Waals surface area contributed by atoms with Crippen LogP contribution in [0.4, 0.5) is 0 Å². The smallest absolute Gasteiger partial charge is 0.367 e. The number of nitrogens with zero attached hydrogens (tertiary/aromatic N) is 1. The summed E-state index contributed by atoms with van der Waals surface area (Å²) in [5, 5.41) is 12.9. The summed E-state index contributed by atoms with van der Waals surface area (Å²) in [4.78, 5) is 28.8. The molecule has 2 aromatic rings. The normalized spacial score (nSPS) is 15.1. The van der Waals surface area contributed by atoms with Crippen molar-refractivity contribution in [3.8, 4) is 28.8 Å². The van der Waals surface area contributed by atoms with Gasteiger partial charge < -0.3 is 19.9 Å². The molecular formula is C20H20N2O5S. The number of amides is 1. The molecule has 1 aromatic heterocycles. The average molecular weight is 400 g/mol. The van der Waals surface area contributed by atoms with Gasteiger partial charge in [0, 0.05) is 18.1 Å². The van der Waals surface area contributed by atoms with Gasteiger partial charge in [0.05, 0.1) is 23.7 Å². The molecule has 28 heavy (non-hydrogen) atoms. The Labute approximate surface area is 166 Å². The van der Waals surface area contributed by atoms with Gasteiger partial charge in [0.2, 0.25) is 10.9 Å². The Bertz CT molecular complexity index is 994. The van der Waals surface area contributed by atoms with E-state index in [0.29, 0.717) is 27.4 Å². The van der Waals surface area contributed by atoms with Gasteiger partial charge in [-0.2, -0.15) is 0 Å². The molecule has 2 N–H and O–H groups in total. The van der Waals surface area contributed by atoms with E-state index >= 15 is 0 Å². The first kappa shape index (κ1) is 19.9. The molecule has 0 radical (unpaired) electrons. The molecule has 1 aliphatic heterocycles. The Morgan fingerprint density at radius 2 is 2.18 bits per heavy atom. The molecule has 0 saturated carbocycles. The molecule has 0 spiro atoms. The molecule has 1 aliphatic rings. The minimum atomic E-state index is -1.12. The van der Waals surface area contributed by atoms with Gasteiger partial charge in [0.1, 0.15) is 18.0 Å². The fourth-order valence-electron chi connectivity index (χ4n) is 2.68. The molecule has 1 aromatic carbocycles. The van der Waals surface area contributed by atoms with Crippen molar-refractivity contribution in [2.24, 2.45) is 0 Å². The number of benzene rings is 1. The van der Waals surface area contributed by atoms with Crippen molar-refractivity contribution in [1.82, 2.24) is 10.3 Å². The summed E-state index contributed by atoms with van der Waals surface area (Å²) in [7, 11) is 1.29. The highest BCUT2D eigenvalue weighted by Crippen LogP contribution is 2.41. The maximum atomic E-state index is 12.0. The Balaban J connectivity index is 2.14. The lowest BCUT2D eigenvalue weighted by molar-refractivity contribution is -0.119. The van der Waals surface area contributed by atoms with E-state index in [4.69, 9.17) is 9.47 Å². The summed E-state index contributed by atoms with van der Waals surface area (Å²) in [5.74, 6) is 5.52. The number of methoxy groups -OCH3 is 1. The van der Waals surface area contributed by atoms with Crippen LogP contribution in [0, 0.1) is 11.8 Å². The molecule has 0 bridgehead atoms. The number of carbonyl (C=O) groups excluding carboxylic acids is 2. The first-order valence-corrected chi connectivity index (χ1v) is 9.38. The van der Waals surface area contributed by atoms with Crippen LogP contribution in [-0.4, -0.2) is 41.3 Å². The number of thiazole rings is 1. The van der Waals surface area contributed by atoms with Gasteiger partial charge in [-0.1, -0.05) is 11.8 Å². The number of hydrogen-bond acceptors (Lipinski definition) is 7. The number of carbonyl (C=O) groups is 2. The number of ether oxygens (including phenoxy) is 2. The van der Waals surface area contributed by atoms with Gasteiger partial charge in [-0.25, -0.2) is 9.78 Å². The Morgan fingerprint density at radius 1 is 1.43 bits per heavy atom. The summed E-state index contributed by atoms with van der Waals surface area (Å²) >= 11 is 1.16. The van der Waals surface area contributed by atoms with Gasteiger partial charge in [0.15, 0.2) is 0 Å². The minimum absolute atomic E-state index is 0.198.